The van der Waals surface area contributed by atoms with Crippen LogP contribution in [0.3, 0.4) is 0 Å². The number of ether oxygens (including phenoxy) is 1. The van der Waals surface area contributed by atoms with Crippen molar-refractivity contribution in [2.75, 3.05) is 6.54 Å². The Bertz CT molecular complexity index is 891. The smallest absolute Gasteiger partial charge is 0.387 e. The van der Waals surface area contributed by atoms with E-state index in [1.807, 2.05) is 31.2 Å². The fraction of sp³-hybridized carbons (Fsp3) is 0.222. The predicted molar refractivity (Wildman–Crippen MR) is 89.8 cm³/mol. The van der Waals surface area contributed by atoms with Crippen LogP contribution in [0.1, 0.15) is 22.7 Å². The number of halogens is 2. The first-order valence-electron chi connectivity index (χ1n) is 7.69. The molecule has 1 heterocycles. The molecule has 0 aliphatic heterocycles. The van der Waals surface area contributed by atoms with Crippen LogP contribution in [0.4, 0.5) is 8.78 Å². The van der Waals surface area contributed by atoms with Crippen molar-refractivity contribution in [2.24, 2.45) is 0 Å². The second kappa shape index (κ2) is 6.88. The summed E-state index contributed by atoms with van der Waals surface area (Å²) in [5, 5.41) is 12.1. The summed E-state index contributed by atoms with van der Waals surface area (Å²) in [6.07, 6.45) is 0. The highest BCUT2D eigenvalue weighted by molar-refractivity contribution is 5.85. The Morgan fingerprint density at radius 2 is 1.84 bits per heavy atom. The van der Waals surface area contributed by atoms with E-state index in [4.69, 9.17) is 0 Å². The molecule has 0 spiro atoms. The van der Waals surface area contributed by atoms with Crippen LogP contribution in [-0.4, -0.2) is 23.1 Å². The Labute approximate surface area is 142 Å². The van der Waals surface area contributed by atoms with Crippen LogP contribution >= 0.6 is 0 Å². The summed E-state index contributed by atoms with van der Waals surface area (Å²) in [6, 6.07) is 13.6. The summed E-state index contributed by atoms with van der Waals surface area (Å²) in [5.74, 6) is -0.471. The molecule has 1 atom stereocenters. The van der Waals surface area contributed by atoms with E-state index in [9.17, 15) is 18.9 Å². The summed E-state index contributed by atoms with van der Waals surface area (Å²) in [7, 11) is 0. The van der Waals surface area contributed by atoms with Gasteiger partial charge < -0.3 is 9.72 Å². The average molecular weight is 346 g/mol. The van der Waals surface area contributed by atoms with Crippen LogP contribution in [0.15, 0.2) is 48.5 Å². The molecule has 3 aromatic rings. The fourth-order valence-corrected chi connectivity index (χ4v) is 3.14. The van der Waals surface area contributed by atoms with Crippen LogP contribution in [-0.2, 0) is 0 Å². The minimum atomic E-state index is -2.91. The van der Waals surface area contributed by atoms with Crippen molar-refractivity contribution in [1.82, 2.24) is 4.98 Å². The molecule has 7 heteroatoms. The summed E-state index contributed by atoms with van der Waals surface area (Å²) in [6.45, 7) is -1.33. The molecule has 0 aliphatic rings. The lowest BCUT2D eigenvalue weighted by Gasteiger charge is -2.15. The number of fused-ring (bicyclic) bond motifs is 1. The first-order chi connectivity index (χ1) is 12.0. The maximum absolute atomic E-state index is 12.3. The van der Waals surface area contributed by atoms with E-state index in [0.29, 0.717) is 5.56 Å². The van der Waals surface area contributed by atoms with Crippen molar-refractivity contribution >= 4 is 10.9 Å². The molecule has 0 radical (unpaired) electrons. The van der Waals surface area contributed by atoms with Crippen LogP contribution in [0.5, 0.6) is 5.75 Å². The van der Waals surface area contributed by atoms with Gasteiger partial charge in [-0.05, 0) is 36.2 Å². The highest BCUT2D eigenvalue weighted by atomic mass is 19.3. The highest BCUT2D eigenvalue weighted by Crippen LogP contribution is 2.34. The molecule has 0 saturated carbocycles. The van der Waals surface area contributed by atoms with E-state index >= 15 is 0 Å². The molecule has 1 aromatic heterocycles. The maximum Gasteiger partial charge on any atom is 0.387 e. The third kappa shape index (κ3) is 3.60. The van der Waals surface area contributed by atoms with Crippen molar-refractivity contribution in [3.63, 3.8) is 0 Å². The zero-order chi connectivity index (χ0) is 18.0. The number of para-hydroxylation sites is 1. The Balaban J connectivity index is 2.05. The van der Waals surface area contributed by atoms with Gasteiger partial charge in [-0.1, -0.05) is 30.3 Å². The van der Waals surface area contributed by atoms with Crippen LogP contribution < -0.4 is 4.74 Å². The molecule has 1 N–H and O–H groups in total. The largest absolute Gasteiger partial charge is 0.435 e. The predicted octanol–water partition coefficient (Wildman–Crippen LogP) is 4.49. The third-order valence-electron chi connectivity index (χ3n) is 4.13. The number of H-pyrrole nitrogens is 1. The number of hydrogen-bond acceptors (Lipinski definition) is 3. The van der Waals surface area contributed by atoms with E-state index in [0.717, 1.165) is 22.2 Å². The topological polar surface area (TPSA) is 68.2 Å². The van der Waals surface area contributed by atoms with Crippen molar-refractivity contribution in [3.05, 3.63) is 75.5 Å². The molecule has 0 unspecified atom stereocenters. The number of aromatic amines is 1. The first kappa shape index (κ1) is 16.9. The van der Waals surface area contributed by atoms with Gasteiger partial charge in [0.1, 0.15) is 5.75 Å². The van der Waals surface area contributed by atoms with Crippen molar-refractivity contribution in [1.29, 1.82) is 0 Å². The molecule has 0 bridgehead atoms. The van der Waals surface area contributed by atoms with E-state index in [1.165, 1.54) is 12.1 Å². The van der Waals surface area contributed by atoms with Gasteiger partial charge in [-0.3, -0.25) is 10.1 Å². The molecule has 0 amide bonds. The summed E-state index contributed by atoms with van der Waals surface area (Å²) in [5.41, 5.74) is 3.27. The van der Waals surface area contributed by atoms with Gasteiger partial charge in [-0.15, -0.1) is 0 Å². The lowest BCUT2D eigenvalue weighted by atomic mass is 9.89. The third-order valence-corrected chi connectivity index (χ3v) is 4.13. The molecule has 25 heavy (non-hydrogen) atoms. The van der Waals surface area contributed by atoms with E-state index in [1.54, 1.807) is 12.1 Å². The van der Waals surface area contributed by atoms with E-state index < -0.39 is 12.5 Å². The normalized spacial score (nSPS) is 12.5. The minimum Gasteiger partial charge on any atom is -0.435 e. The van der Waals surface area contributed by atoms with E-state index in [-0.39, 0.29) is 17.2 Å². The Hall–Kier alpha value is -2.96. The van der Waals surface area contributed by atoms with Crippen LogP contribution in [0.25, 0.3) is 10.9 Å². The molecule has 0 aliphatic carbocycles. The number of benzene rings is 2. The summed E-state index contributed by atoms with van der Waals surface area (Å²) < 4.78 is 28.9. The second-order valence-electron chi connectivity index (χ2n) is 5.72. The number of nitro groups is 1. The number of rotatable bonds is 6. The number of nitrogens with one attached hydrogen (secondary N) is 1. The lowest BCUT2D eigenvalue weighted by Crippen LogP contribution is -2.14. The lowest BCUT2D eigenvalue weighted by molar-refractivity contribution is -0.481. The van der Waals surface area contributed by atoms with Gasteiger partial charge in [0.05, 0.1) is 5.92 Å². The molecular formula is C18H16F2N2O3. The van der Waals surface area contributed by atoms with Crippen LogP contribution in [0, 0.1) is 17.0 Å². The second-order valence-corrected chi connectivity index (χ2v) is 5.72. The van der Waals surface area contributed by atoms with Crippen molar-refractivity contribution in [3.8, 4) is 5.75 Å². The number of aromatic nitrogens is 1. The molecule has 0 saturated heterocycles. The fourth-order valence-electron chi connectivity index (χ4n) is 3.14. The number of nitrogens with zero attached hydrogens (tertiary/aromatic N) is 1. The van der Waals surface area contributed by atoms with Crippen LogP contribution in [0.2, 0.25) is 0 Å². The standard InChI is InChI=1S/C18H16F2N2O3/c1-11-17(14-4-2-3-5-16(14)21-11)15(10-22(23)24)12-6-8-13(9-7-12)25-18(19)20/h2-9,15,18,21H,10H2,1H3/t15-/m0/s1. The maximum atomic E-state index is 12.3. The molecule has 2 aromatic carbocycles. The number of hydrogen-bond donors (Lipinski definition) is 1. The van der Waals surface area contributed by atoms with E-state index in [2.05, 4.69) is 9.72 Å². The van der Waals surface area contributed by atoms with Gasteiger partial charge >= 0.3 is 6.61 Å². The molecular weight excluding hydrogens is 330 g/mol. The molecule has 0 fully saturated rings. The quantitative estimate of drug-likeness (QED) is 0.528. The summed E-state index contributed by atoms with van der Waals surface area (Å²) in [4.78, 5) is 14.1. The van der Waals surface area contributed by atoms with Gasteiger partial charge in [-0.25, -0.2) is 0 Å². The van der Waals surface area contributed by atoms with Crippen molar-refractivity contribution < 1.29 is 18.4 Å². The Morgan fingerprint density at radius 3 is 2.48 bits per heavy atom. The Morgan fingerprint density at radius 1 is 1.16 bits per heavy atom. The number of aryl methyl sites for hydroxylation is 1. The summed E-state index contributed by atoms with van der Waals surface area (Å²) >= 11 is 0. The SMILES string of the molecule is Cc1[nH]c2ccccc2c1[C@@H](C[N+](=O)[O-])c1ccc(OC(F)F)cc1. The zero-order valence-electron chi connectivity index (χ0n) is 13.4. The molecule has 3 rings (SSSR count). The minimum absolute atomic E-state index is 0.0225. The number of alkyl halides is 2. The van der Waals surface area contributed by atoms with Gasteiger partial charge in [0.25, 0.3) is 0 Å². The molecule has 130 valence electrons. The highest BCUT2D eigenvalue weighted by Gasteiger charge is 2.25. The van der Waals surface area contributed by atoms with Crippen molar-refractivity contribution in [2.45, 2.75) is 19.5 Å². The van der Waals surface area contributed by atoms with Gasteiger partial charge in [0, 0.05) is 21.5 Å². The monoisotopic (exact) mass is 346 g/mol. The van der Waals surface area contributed by atoms with Gasteiger partial charge in [0.15, 0.2) is 0 Å². The zero-order valence-corrected chi connectivity index (χ0v) is 13.4. The Kier molecular flexibility index (Phi) is 4.65. The molecule has 5 nitrogen and oxygen atoms in total. The first-order valence-corrected chi connectivity index (χ1v) is 7.69. The van der Waals surface area contributed by atoms with Gasteiger partial charge in [-0.2, -0.15) is 8.78 Å². The van der Waals surface area contributed by atoms with Gasteiger partial charge in [0.2, 0.25) is 6.54 Å². The average Bonchev–Trinajstić information content (AvgIpc) is 2.88.